The molecule has 4 aromatic rings. The average Bonchev–Trinajstić information content (AvgIpc) is 2.95. The van der Waals surface area contributed by atoms with E-state index in [0.29, 0.717) is 5.92 Å². The zero-order valence-electron chi connectivity index (χ0n) is 25.6. The highest BCUT2D eigenvalue weighted by Crippen LogP contribution is 2.41. The molecule has 0 aliphatic carbocycles. The second kappa shape index (κ2) is 10.1. The molecule has 0 radical (unpaired) electrons. The van der Waals surface area contributed by atoms with Crippen molar-refractivity contribution < 1.29 is 9.47 Å². The van der Waals surface area contributed by atoms with Gasteiger partial charge in [-0.25, -0.2) is 4.58 Å². The Hall–Kier alpha value is -4.05. The van der Waals surface area contributed by atoms with Crippen molar-refractivity contribution in [2.24, 2.45) is 0 Å². The normalized spacial score (nSPS) is 16.8. The van der Waals surface area contributed by atoms with Gasteiger partial charge in [0, 0.05) is 52.8 Å². The minimum atomic E-state index is 0.0936. The molecule has 1 unspecified atom stereocenters. The Labute approximate surface area is 244 Å². The first-order chi connectivity index (χ1) is 19.6. The minimum Gasteiger partial charge on any atom is -0.497 e. The van der Waals surface area contributed by atoms with Crippen LogP contribution in [0.4, 0.5) is 11.4 Å². The van der Waals surface area contributed by atoms with Gasteiger partial charge >= 0.3 is 0 Å². The number of nitrogens with zero attached hydrogens (tertiary/aromatic N) is 2. The number of hydrogen-bond donors (Lipinski definition) is 0. The fraction of sp³-hybridized carbons (Fsp3) is 0.324. The van der Waals surface area contributed by atoms with Gasteiger partial charge in [-0.05, 0) is 94.1 Å². The molecule has 4 aromatic carbocycles. The van der Waals surface area contributed by atoms with E-state index in [1.807, 2.05) is 12.1 Å². The molecule has 0 spiro atoms. The highest BCUT2D eigenvalue weighted by Gasteiger charge is 2.38. The molecule has 1 atom stereocenters. The molecule has 2 heterocycles. The van der Waals surface area contributed by atoms with E-state index in [2.05, 4.69) is 119 Å². The third-order valence-electron chi connectivity index (χ3n) is 9.03. The van der Waals surface area contributed by atoms with Gasteiger partial charge in [-0.3, -0.25) is 0 Å². The van der Waals surface area contributed by atoms with Gasteiger partial charge in [0.1, 0.15) is 23.8 Å². The number of anilines is 2. The molecule has 41 heavy (non-hydrogen) atoms. The van der Waals surface area contributed by atoms with Crippen LogP contribution in [0.5, 0.6) is 17.2 Å². The number of rotatable bonds is 5. The Bertz CT molecular complexity index is 1780. The lowest BCUT2D eigenvalue weighted by atomic mass is 9.81. The number of fused-ring (bicyclic) bond motifs is 3. The summed E-state index contributed by atoms with van der Waals surface area (Å²) in [6.07, 6.45) is 1.13. The van der Waals surface area contributed by atoms with Gasteiger partial charge in [0.2, 0.25) is 5.36 Å². The molecular weight excluding hydrogens is 504 g/mol. The Morgan fingerprint density at radius 1 is 0.902 bits per heavy atom. The van der Waals surface area contributed by atoms with Crippen LogP contribution in [0.15, 0.2) is 72.8 Å². The molecule has 0 saturated heterocycles. The second-order valence-electron chi connectivity index (χ2n) is 12.3. The third kappa shape index (κ3) is 4.60. The quantitative estimate of drug-likeness (QED) is 0.218. The molecule has 0 amide bonds. The number of hydrogen-bond acceptors (Lipinski definition) is 3. The van der Waals surface area contributed by atoms with Crippen molar-refractivity contribution in [1.29, 1.82) is 0 Å². The van der Waals surface area contributed by atoms with Gasteiger partial charge in [-0.2, -0.15) is 0 Å². The maximum absolute atomic E-state index is 6.82. The minimum absolute atomic E-state index is 0.0936. The van der Waals surface area contributed by atoms with E-state index in [0.717, 1.165) is 47.2 Å². The summed E-state index contributed by atoms with van der Waals surface area (Å²) in [5.41, 5.74) is 9.85. The van der Waals surface area contributed by atoms with Gasteiger partial charge in [0.25, 0.3) is 0 Å². The van der Waals surface area contributed by atoms with E-state index in [-0.39, 0.29) is 5.54 Å². The van der Waals surface area contributed by atoms with Gasteiger partial charge < -0.3 is 14.4 Å². The first kappa shape index (κ1) is 27.1. The topological polar surface area (TPSA) is 24.7 Å². The lowest BCUT2D eigenvalue weighted by Gasteiger charge is -2.32. The predicted molar refractivity (Wildman–Crippen MR) is 170 cm³/mol. The summed E-state index contributed by atoms with van der Waals surface area (Å²) in [6, 6.07) is 26.3. The van der Waals surface area contributed by atoms with Crippen molar-refractivity contribution >= 4 is 16.9 Å². The molecule has 210 valence electrons. The summed E-state index contributed by atoms with van der Waals surface area (Å²) < 4.78 is 14.7. The number of aryl methyl sites for hydroxylation is 2. The molecule has 6 rings (SSSR count). The zero-order chi connectivity index (χ0) is 29.1. The highest BCUT2D eigenvalue weighted by molar-refractivity contribution is 5.87. The van der Waals surface area contributed by atoms with Crippen LogP contribution in [0.25, 0.3) is 5.57 Å². The first-order valence-electron chi connectivity index (χ1n) is 14.7. The van der Waals surface area contributed by atoms with Crippen molar-refractivity contribution in [3.05, 3.63) is 111 Å². The zero-order valence-corrected chi connectivity index (χ0v) is 25.6. The fourth-order valence-corrected chi connectivity index (χ4v) is 7.00. The van der Waals surface area contributed by atoms with Crippen LogP contribution in [-0.2, 0) is 0 Å². The smallest absolute Gasteiger partial charge is 0.207 e. The maximum atomic E-state index is 6.82. The fourth-order valence-electron chi connectivity index (χ4n) is 7.00. The number of methoxy groups -OCH3 is 1. The molecule has 2 aliphatic heterocycles. The Balaban J connectivity index is 1.60. The molecule has 4 nitrogen and oxygen atoms in total. The highest BCUT2D eigenvalue weighted by atomic mass is 16.5. The Morgan fingerprint density at radius 2 is 1.61 bits per heavy atom. The molecule has 0 aromatic heterocycles. The van der Waals surface area contributed by atoms with Crippen molar-refractivity contribution in [2.75, 3.05) is 25.6 Å². The Morgan fingerprint density at radius 3 is 2.29 bits per heavy atom. The lowest BCUT2D eigenvalue weighted by Crippen LogP contribution is -2.52. The molecule has 2 aliphatic rings. The predicted octanol–water partition coefficient (Wildman–Crippen LogP) is 7.23. The molecule has 0 fully saturated rings. The molecule has 0 bridgehead atoms. The van der Waals surface area contributed by atoms with E-state index in [9.17, 15) is 0 Å². The van der Waals surface area contributed by atoms with Gasteiger partial charge in [0.05, 0.1) is 13.2 Å². The maximum Gasteiger partial charge on any atom is 0.207 e. The number of ether oxygens (including phenoxy) is 2. The molecule has 4 heteroatoms. The van der Waals surface area contributed by atoms with Crippen LogP contribution >= 0.6 is 0 Å². The van der Waals surface area contributed by atoms with Gasteiger partial charge in [0.15, 0.2) is 5.54 Å². The van der Waals surface area contributed by atoms with E-state index in [4.69, 9.17) is 9.47 Å². The summed E-state index contributed by atoms with van der Waals surface area (Å²) in [4.78, 5) is 2.19. The van der Waals surface area contributed by atoms with Crippen LogP contribution in [0.3, 0.4) is 0 Å². The summed E-state index contributed by atoms with van der Waals surface area (Å²) >= 11 is 0. The van der Waals surface area contributed by atoms with Gasteiger partial charge in [-0.15, -0.1) is 0 Å². The van der Waals surface area contributed by atoms with Crippen LogP contribution in [0.2, 0.25) is 0 Å². The van der Waals surface area contributed by atoms with Crippen LogP contribution in [-0.4, -0.2) is 26.2 Å². The summed E-state index contributed by atoms with van der Waals surface area (Å²) in [7, 11) is 3.79. The third-order valence-corrected chi connectivity index (χ3v) is 9.03. The van der Waals surface area contributed by atoms with Crippen molar-refractivity contribution in [2.45, 2.75) is 59.4 Å². The summed E-state index contributed by atoms with van der Waals surface area (Å²) in [5.74, 6) is 3.13. The second-order valence-corrected chi connectivity index (χ2v) is 12.3. The van der Waals surface area contributed by atoms with Crippen molar-refractivity contribution in [1.82, 2.24) is 4.58 Å². The summed E-state index contributed by atoms with van der Waals surface area (Å²) in [5, 5.41) is 2.48. The molecule has 0 saturated carbocycles. The monoisotopic (exact) mass is 545 g/mol. The summed E-state index contributed by atoms with van der Waals surface area (Å²) in [6.45, 7) is 14.7. The van der Waals surface area contributed by atoms with Crippen LogP contribution in [0, 0.1) is 13.8 Å². The standard InChI is InChI=1S/C37H41N2O2/c1-9-39-33-21-35-32(20-31(33)25(4)22-37(39,5)6)36(29-16-10-23(2)18-24(29)3)30-17-13-27(19-34(30)41-35)38(7)26-11-14-28(40-8)15-12-26/h10-21,25H,9,22H2,1-8H3/q+1. The van der Waals surface area contributed by atoms with E-state index >= 15 is 0 Å². The van der Waals surface area contributed by atoms with Crippen molar-refractivity contribution in [3.63, 3.8) is 0 Å². The largest absolute Gasteiger partial charge is 0.497 e. The lowest BCUT2D eigenvalue weighted by molar-refractivity contribution is 0.272. The van der Waals surface area contributed by atoms with Crippen LogP contribution < -0.4 is 29.5 Å². The van der Waals surface area contributed by atoms with E-state index in [1.54, 1.807) is 7.11 Å². The first-order valence-corrected chi connectivity index (χ1v) is 14.7. The SMILES string of the molecule is CC[N+]1=c2cc3c(cc2C(C)CC1(C)C)=C(c1ccc(C)cc1C)c1ccc(N(C)c2ccc(OC)cc2)cc1O3. The van der Waals surface area contributed by atoms with Crippen molar-refractivity contribution in [3.8, 4) is 17.2 Å². The molecule has 0 N–H and O–H groups in total. The molecular formula is C37H41N2O2+. The van der Waals surface area contributed by atoms with E-state index in [1.165, 1.54) is 38.4 Å². The Kier molecular flexibility index (Phi) is 6.68. The van der Waals surface area contributed by atoms with Crippen LogP contribution in [0.1, 0.15) is 67.9 Å². The average molecular weight is 546 g/mol. The number of benzene rings is 4. The van der Waals surface area contributed by atoms with E-state index < -0.39 is 0 Å². The van der Waals surface area contributed by atoms with Gasteiger partial charge in [-0.1, -0.05) is 30.7 Å².